The molecule has 2 rings (SSSR count). The van der Waals surface area contributed by atoms with Gasteiger partial charge in [0, 0.05) is 32.2 Å². The van der Waals surface area contributed by atoms with Crippen LogP contribution in [0.1, 0.15) is 20.8 Å². The van der Waals surface area contributed by atoms with Crippen molar-refractivity contribution in [2.75, 3.05) is 36.8 Å². The van der Waals surface area contributed by atoms with Crippen LogP contribution in [0.4, 0.5) is 5.13 Å². The van der Waals surface area contributed by atoms with Crippen LogP contribution >= 0.6 is 34.7 Å². The lowest BCUT2D eigenvalue weighted by atomic mass is 10.3. The lowest BCUT2D eigenvalue weighted by molar-refractivity contribution is -0.130. The molecule has 0 aliphatic carbocycles. The minimum absolute atomic E-state index is 0.00549. The standard InChI is InChI=1S/C14H22ClN5O2S2/c1-9(2)16-11(21)8-23-14-18-17-13(24-14)20-6-4-19(5-7-20)12(22)10(3)15/h9-10H,4-8H2,1-3H3,(H,16,21). The molecule has 1 atom stereocenters. The zero-order chi connectivity index (χ0) is 17.7. The maximum Gasteiger partial charge on any atom is 0.240 e. The number of nitrogens with one attached hydrogen (secondary N) is 1. The molecule has 1 N–H and O–H groups in total. The van der Waals surface area contributed by atoms with Gasteiger partial charge in [0.15, 0.2) is 4.34 Å². The quantitative estimate of drug-likeness (QED) is 0.583. The van der Waals surface area contributed by atoms with E-state index in [0.29, 0.717) is 31.9 Å². The number of carbonyl (C=O) groups is 2. The van der Waals surface area contributed by atoms with Crippen molar-refractivity contribution in [2.45, 2.75) is 36.5 Å². The minimum atomic E-state index is -0.488. The Morgan fingerprint density at radius 3 is 2.50 bits per heavy atom. The average Bonchev–Trinajstić information content (AvgIpc) is 3.00. The van der Waals surface area contributed by atoms with Crippen LogP contribution in [-0.4, -0.2) is 70.3 Å². The second-order valence-electron chi connectivity index (χ2n) is 5.79. The van der Waals surface area contributed by atoms with Gasteiger partial charge in [0.2, 0.25) is 16.9 Å². The molecule has 1 unspecified atom stereocenters. The van der Waals surface area contributed by atoms with Crippen LogP contribution in [0.5, 0.6) is 0 Å². The molecule has 0 spiro atoms. The maximum absolute atomic E-state index is 11.9. The number of hydrogen-bond donors (Lipinski definition) is 1. The molecule has 0 aromatic carbocycles. The van der Waals surface area contributed by atoms with E-state index in [4.69, 9.17) is 11.6 Å². The summed E-state index contributed by atoms with van der Waals surface area (Å²) in [5.41, 5.74) is 0. The van der Waals surface area contributed by atoms with Gasteiger partial charge in [0.1, 0.15) is 5.38 Å². The number of alkyl halides is 1. The van der Waals surface area contributed by atoms with Crippen LogP contribution in [0.2, 0.25) is 0 Å². The third kappa shape index (κ3) is 5.49. The van der Waals surface area contributed by atoms with Crippen molar-refractivity contribution in [2.24, 2.45) is 0 Å². The van der Waals surface area contributed by atoms with E-state index in [2.05, 4.69) is 20.4 Å². The van der Waals surface area contributed by atoms with Crippen molar-refractivity contribution in [3.05, 3.63) is 0 Å². The number of nitrogens with zero attached hydrogens (tertiary/aromatic N) is 4. The summed E-state index contributed by atoms with van der Waals surface area (Å²) in [5, 5.41) is 11.5. The molecule has 2 heterocycles. The second-order valence-corrected chi connectivity index (χ2v) is 8.62. The molecule has 2 amide bonds. The Kier molecular flexibility index (Phi) is 7.12. The summed E-state index contributed by atoms with van der Waals surface area (Å²) in [6, 6.07) is 0.137. The van der Waals surface area contributed by atoms with E-state index in [-0.39, 0.29) is 17.9 Å². The summed E-state index contributed by atoms with van der Waals surface area (Å²) < 4.78 is 0.775. The highest BCUT2D eigenvalue weighted by molar-refractivity contribution is 8.01. The van der Waals surface area contributed by atoms with Gasteiger partial charge in [-0.1, -0.05) is 23.1 Å². The number of aromatic nitrogens is 2. The topological polar surface area (TPSA) is 78.4 Å². The van der Waals surface area contributed by atoms with Gasteiger partial charge >= 0.3 is 0 Å². The summed E-state index contributed by atoms with van der Waals surface area (Å²) in [7, 11) is 0. The molecule has 1 aromatic heterocycles. The number of amides is 2. The van der Waals surface area contributed by atoms with E-state index in [1.165, 1.54) is 23.1 Å². The zero-order valence-electron chi connectivity index (χ0n) is 14.0. The van der Waals surface area contributed by atoms with Crippen LogP contribution in [0.3, 0.4) is 0 Å². The molecule has 1 saturated heterocycles. The molecule has 134 valence electrons. The van der Waals surface area contributed by atoms with Gasteiger partial charge < -0.3 is 15.1 Å². The Bertz CT molecular complexity index is 573. The van der Waals surface area contributed by atoms with Gasteiger partial charge in [-0.2, -0.15) is 0 Å². The van der Waals surface area contributed by atoms with Crippen molar-refractivity contribution in [1.29, 1.82) is 0 Å². The molecule has 1 aliphatic rings. The second kappa shape index (κ2) is 8.87. The lowest BCUT2D eigenvalue weighted by Crippen LogP contribution is -2.50. The van der Waals surface area contributed by atoms with Gasteiger partial charge in [0.25, 0.3) is 0 Å². The van der Waals surface area contributed by atoms with Crippen LogP contribution < -0.4 is 10.2 Å². The number of halogens is 1. The van der Waals surface area contributed by atoms with E-state index < -0.39 is 5.38 Å². The van der Waals surface area contributed by atoms with E-state index in [0.717, 1.165) is 9.47 Å². The predicted molar refractivity (Wildman–Crippen MR) is 98.0 cm³/mol. The first-order chi connectivity index (χ1) is 11.4. The highest BCUT2D eigenvalue weighted by Gasteiger charge is 2.25. The normalized spacial score (nSPS) is 16.4. The van der Waals surface area contributed by atoms with E-state index >= 15 is 0 Å². The number of rotatable bonds is 6. The van der Waals surface area contributed by atoms with E-state index in [1.54, 1.807) is 11.8 Å². The third-order valence-electron chi connectivity index (χ3n) is 3.37. The Labute approximate surface area is 155 Å². The third-order valence-corrected chi connectivity index (χ3v) is 5.68. The first-order valence-electron chi connectivity index (χ1n) is 7.80. The fourth-order valence-corrected chi connectivity index (χ4v) is 4.09. The number of thioether (sulfide) groups is 1. The van der Waals surface area contributed by atoms with Crippen LogP contribution in [-0.2, 0) is 9.59 Å². The Morgan fingerprint density at radius 2 is 1.92 bits per heavy atom. The smallest absolute Gasteiger partial charge is 0.240 e. The molecule has 0 bridgehead atoms. The Hall–Kier alpha value is -1.06. The van der Waals surface area contributed by atoms with Gasteiger partial charge in [-0.25, -0.2) is 0 Å². The van der Waals surface area contributed by atoms with Gasteiger partial charge in [0.05, 0.1) is 5.75 Å². The van der Waals surface area contributed by atoms with Crippen LogP contribution in [0.25, 0.3) is 0 Å². The largest absolute Gasteiger partial charge is 0.353 e. The van der Waals surface area contributed by atoms with Crippen molar-refractivity contribution >= 4 is 51.6 Å². The Morgan fingerprint density at radius 1 is 1.25 bits per heavy atom. The number of carbonyl (C=O) groups excluding carboxylic acids is 2. The van der Waals surface area contributed by atoms with E-state index in [1.807, 2.05) is 13.8 Å². The van der Waals surface area contributed by atoms with Crippen LogP contribution in [0, 0.1) is 0 Å². The van der Waals surface area contributed by atoms with Gasteiger partial charge in [-0.3, -0.25) is 9.59 Å². The first-order valence-corrected chi connectivity index (χ1v) is 10.0. The van der Waals surface area contributed by atoms with Crippen molar-refractivity contribution < 1.29 is 9.59 Å². The van der Waals surface area contributed by atoms with Gasteiger partial charge in [-0.15, -0.1) is 21.8 Å². The van der Waals surface area contributed by atoms with Gasteiger partial charge in [-0.05, 0) is 20.8 Å². The molecular formula is C14H22ClN5O2S2. The lowest BCUT2D eigenvalue weighted by Gasteiger charge is -2.34. The molecule has 1 fully saturated rings. The summed E-state index contributed by atoms with van der Waals surface area (Å²) in [6.07, 6.45) is 0. The van der Waals surface area contributed by atoms with Crippen molar-refractivity contribution in [1.82, 2.24) is 20.4 Å². The fourth-order valence-electron chi connectivity index (χ4n) is 2.25. The molecule has 7 nitrogen and oxygen atoms in total. The summed E-state index contributed by atoms with van der Waals surface area (Å²) in [4.78, 5) is 27.4. The Balaban J connectivity index is 1.82. The average molecular weight is 392 g/mol. The summed E-state index contributed by atoms with van der Waals surface area (Å²) in [6.45, 7) is 8.25. The van der Waals surface area contributed by atoms with E-state index in [9.17, 15) is 9.59 Å². The molecule has 1 aromatic rings. The first kappa shape index (κ1) is 19.3. The predicted octanol–water partition coefficient (Wildman–Crippen LogP) is 1.43. The fraction of sp³-hybridized carbons (Fsp3) is 0.714. The minimum Gasteiger partial charge on any atom is -0.353 e. The molecule has 10 heteroatoms. The number of anilines is 1. The molecule has 0 radical (unpaired) electrons. The van der Waals surface area contributed by atoms with Crippen molar-refractivity contribution in [3.63, 3.8) is 0 Å². The maximum atomic E-state index is 11.9. The highest BCUT2D eigenvalue weighted by atomic mass is 35.5. The molecule has 1 aliphatic heterocycles. The molecule has 24 heavy (non-hydrogen) atoms. The monoisotopic (exact) mass is 391 g/mol. The number of hydrogen-bond acceptors (Lipinski definition) is 7. The highest BCUT2D eigenvalue weighted by Crippen LogP contribution is 2.28. The van der Waals surface area contributed by atoms with Crippen molar-refractivity contribution in [3.8, 4) is 0 Å². The zero-order valence-corrected chi connectivity index (χ0v) is 16.4. The van der Waals surface area contributed by atoms with Crippen LogP contribution in [0.15, 0.2) is 4.34 Å². The summed E-state index contributed by atoms with van der Waals surface area (Å²) in [5.74, 6) is 0.304. The SMILES string of the molecule is CC(C)NC(=O)CSc1nnc(N2CCN(C(=O)C(C)Cl)CC2)s1. The number of piperazine rings is 1. The summed E-state index contributed by atoms with van der Waals surface area (Å²) >= 11 is 8.71. The molecule has 0 saturated carbocycles. The molecular weight excluding hydrogens is 370 g/mol.